The van der Waals surface area contributed by atoms with Crippen molar-refractivity contribution in [3.05, 3.63) is 70.6 Å². The van der Waals surface area contributed by atoms with Crippen LogP contribution in [0.3, 0.4) is 0 Å². The number of halogens is 2. The van der Waals surface area contributed by atoms with Gasteiger partial charge < -0.3 is 5.32 Å². The van der Waals surface area contributed by atoms with Crippen LogP contribution >= 0.6 is 11.3 Å². The first kappa shape index (κ1) is 14.2. The Kier molecular flexibility index (Phi) is 3.99. The van der Waals surface area contributed by atoms with E-state index in [2.05, 4.69) is 17.4 Å². The minimum absolute atomic E-state index is 0.103. The number of nitrogens with one attached hydrogen (secondary N) is 1. The molecule has 1 heterocycles. The van der Waals surface area contributed by atoms with Crippen LogP contribution in [0.1, 0.15) is 16.5 Å². The summed E-state index contributed by atoms with van der Waals surface area (Å²) in [5.41, 5.74) is 0.134. The van der Waals surface area contributed by atoms with Crippen molar-refractivity contribution in [2.45, 2.75) is 12.5 Å². The molecule has 1 unspecified atom stereocenters. The van der Waals surface area contributed by atoms with Gasteiger partial charge in [-0.2, -0.15) is 0 Å². The Hall–Kier alpha value is -1.78. The maximum Gasteiger partial charge on any atom is 0.129 e. The second-order valence-electron chi connectivity index (χ2n) is 4.93. The molecule has 1 N–H and O–H groups in total. The Balaban J connectivity index is 1.95. The van der Waals surface area contributed by atoms with Crippen LogP contribution in [-0.4, -0.2) is 7.05 Å². The third-order valence-corrected chi connectivity index (χ3v) is 4.84. The summed E-state index contributed by atoms with van der Waals surface area (Å²) in [7, 11) is 1.81. The van der Waals surface area contributed by atoms with E-state index in [1.54, 1.807) is 11.3 Å². The summed E-state index contributed by atoms with van der Waals surface area (Å²) in [6.45, 7) is 0. The highest BCUT2D eigenvalue weighted by molar-refractivity contribution is 7.19. The number of hydrogen-bond donors (Lipinski definition) is 1. The van der Waals surface area contributed by atoms with Crippen LogP contribution in [0, 0.1) is 11.6 Å². The van der Waals surface area contributed by atoms with Gasteiger partial charge in [0.2, 0.25) is 0 Å². The molecule has 0 amide bonds. The number of fused-ring (bicyclic) bond motifs is 1. The van der Waals surface area contributed by atoms with Gasteiger partial charge in [0.05, 0.1) is 0 Å². The van der Waals surface area contributed by atoms with Crippen molar-refractivity contribution < 1.29 is 8.78 Å². The van der Waals surface area contributed by atoms with Gasteiger partial charge in [0.1, 0.15) is 11.6 Å². The van der Waals surface area contributed by atoms with E-state index in [1.807, 2.05) is 25.2 Å². The summed E-state index contributed by atoms with van der Waals surface area (Å²) in [6, 6.07) is 14.1. The Morgan fingerprint density at radius 1 is 1.05 bits per heavy atom. The summed E-state index contributed by atoms with van der Waals surface area (Å²) < 4.78 is 28.8. The maximum atomic E-state index is 13.8. The molecule has 0 saturated heterocycles. The molecule has 3 rings (SSSR count). The molecule has 0 aliphatic heterocycles. The van der Waals surface area contributed by atoms with Crippen molar-refractivity contribution >= 4 is 21.4 Å². The fourth-order valence-electron chi connectivity index (χ4n) is 2.45. The monoisotopic (exact) mass is 303 g/mol. The van der Waals surface area contributed by atoms with Crippen LogP contribution in [0.25, 0.3) is 10.1 Å². The van der Waals surface area contributed by atoms with E-state index in [9.17, 15) is 8.78 Å². The molecule has 21 heavy (non-hydrogen) atoms. The molecular formula is C17H15F2NS. The summed E-state index contributed by atoms with van der Waals surface area (Å²) in [5.74, 6) is -0.979. The summed E-state index contributed by atoms with van der Waals surface area (Å²) >= 11 is 1.65. The highest BCUT2D eigenvalue weighted by Crippen LogP contribution is 2.32. The van der Waals surface area contributed by atoms with Gasteiger partial charge in [-0.3, -0.25) is 0 Å². The van der Waals surface area contributed by atoms with Crippen molar-refractivity contribution in [3.63, 3.8) is 0 Å². The third kappa shape index (κ3) is 2.82. The molecule has 0 fully saturated rings. The minimum Gasteiger partial charge on any atom is -0.312 e. The zero-order chi connectivity index (χ0) is 14.8. The van der Waals surface area contributed by atoms with Crippen molar-refractivity contribution in [2.75, 3.05) is 7.05 Å². The molecule has 108 valence electrons. The summed E-state index contributed by atoms with van der Waals surface area (Å²) in [4.78, 5) is 1.08. The molecule has 0 spiro atoms. The second-order valence-corrected chi connectivity index (χ2v) is 6.05. The maximum absolute atomic E-state index is 13.8. The highest BCUT2D eigenvalue weighted by atomic mass is 32.1. The van der Waals surface area contributed by atoms with Gasteiger partial charge in [0.15, 0.2) is 0 Å². The molecule has 0 aliphatic rings. The van der Waals surface area contributed by atoms with Crippen LogP contribution < -0.4 is 5.32 Å². The van der Waals surface area contributed by atoms with Gasteiger partial charge in [-0.25, -0.2) is 8.78 Å². The number of thiophene rings is 1. The van der Waals surface area contributed by atoms with E-state index in [1.165, 1.54) is 22.9 Å². The topological polar surface area (TPSA) is 12.0 Å². The van der Waals surface area contributed by atoms with Crippen LogP contribution in [0.2, 0.25) is 0 Å². The normalized spacial score (nSPS) is 12.7. The lowest BCUT2D eigenvalue weighted by molar-refractivity contribution is 0.519. The first-order valence-electron chi connectivity index (χ1n) is 6.77. The van der Waals surface area contributed by atoms with Crippen molar-refractivity contribution in [1.82, 2.24) is 5.32 Å². The Morgan fingerprint density at radius 2 is 1.76 bits per heavy atom. The molecule has 0 aliphatic carbocycles. The van der Waals surface area contributed by atoms with E-state index in [4.69, 9.17) is 0 Å². The fraction of sp³-hybridized carbons (Fsp3) is 0.176. The number of rotatable bonds is 4. The van der Waals surface area contributed by atoms with E-state index in [0.29, 0.717) is 6.42 Å². The zero-order valence-corrected chi connectivity index (χ0v) is 12.4. The number of hydrogen-bond acceptors (Lipinski definition) is 2. The van der Waals surface area contributed by atoms with Crippen molar-refractivity contribution in [1.29, 1.82) is 0 Å². The first-order valence-corrected chi connectivity index (χ1v) is 7.59. The van der Waals surface area contributed by atoms with Crippen LogP contribution in [0.15, 0.2) is 48.5 Å². The summed E-state index contributed by atoms with van der Waals surface area (Å²) in [6.07, 6.45) is 0.293. The molecule has 1 atom stereocenters. The Bertz CT molecular complexity index is 713. The summed E-state index contributed by atoms with van der Waals surface area (Å²) in [5, 5.41) is 4.32. The Labute approximate surface area is 126 Å². The molecule has 0 radical (unpaired) electrons. The lowest BCUT2D eigenvalue weighted by atomic mass is 10.0. The molecule has 0 bridgehead atoms. The molecule has 2 aromatic carbocycles. The van der Waals surface area contributed by atoms with Crippen LogP contribution in [0.4, 0.5) is 8.78 Å². The minimum atomic E-state index is -0.489. The van der Waals surface area contributed by atoms with E-state index in [0.717, 1.165) is 10.3 Å². The predicted molar refractivity (Wildman–Crippen MR) is 83.7 cm³/mol. The van der Waals surface area contributed by atoms with E-state index in [-0.39, 0.29) is 11.6 Å². The molecule has 1 aromatic heterocycles. The standard InChI is InChI=1S/C17H15F2NS/c1-20-15(10-12-13(18)6-4-7-14(12)19)17-9-11-5-2-3-8-16(11)21-17/h2-9,15,20H,10H2,1H3. The zero-order valence-electron chi connectivity index (χ0n) is 11.6. The average molecular weight is 303 g/mol. The van der Waals surface area contributed by atoms with Gasteiger partial charge in [-0.1, -0.05) is 24.3 Å². The van der Waals surface area contributed by atoms with Crippen LogP contribution in [-0.2, 0) is 6.42 Å². The lowest BCUT2D eigenvalue weighted by Crippen LogP contribution is -2.19. The molecule has 1 nitrogen and oxygen atoms in total. The fourth-order valence-corrected chi connectivity index (χ4v) is 3.63. The van der Waals surface area contributed by atoms with E-state index >= 15 is 0 Å². The third-order valence-electron chi connectivity index (χ3n) is 3.61. The quantitative estimate of drug-likeness (QED) is 0.738. The molecule has 0 saturated carbocycles. The largest absolute Gasteiger partial charge is 0.312 e. The van der Waals surface area contributed by atoms with Crippen molar-refractivity contribution in [3.8, 4) is 0 Å². The Morgan fingerprint density at radius 3 is 2.43 bits per heavy atom. The van der Waals surface area contributed by atoms with Gasteiger partial charge in [-0.15, -0.1) is 11.3 Å². The lowest BCUT2D eigenvalue weighted by Gasteiger charge is -2.15. The average Bonchev–Trinajstić information content (AvgIpc) is 2.90. The highest BCUT2D eigenvalue weighted by Gasteiger charge is 2.18. The molecular weight excluding hydrogens is 288 g/mol. The molecule has 4 heteroatoms. The van der Waals surface area contributed by atoms with Gasteiger partial charge >= 0.3 is 0 Å². The molecule has 3 aromatic rings. The predicted octanol–water partition coefficient (Wildman–Crippen LogP) is 4.68. The smallest absolute Gasteiger partial charge is 0.129 e. The van der Waals surface area contributed by atoms with Gasteiger partial charge in [-0.05, 0) is 43.1 Å². The van der Waals surface area contributed by atoms with Crippen LogP contribution in [0.5, 0.6) is 0 Å². The first-order chi connectivity index (χ1) is 10.2. The number of benzene rings is 2. The van der Waals surface area contributed by atoms with Gasteiger partial charge in [0, 0.05) is 21.2 Å². The number of likely N-dealkylation sites (N-methyl/N-ethyl adjacent to an activating group) is 1. The van der Waals surface area contributed by atoms with Crippen molar-refractivity contribution in [2.24, 2.45) is 0 Å². The second kappa shape index (κ2) is 5.92. The van der Waals surface area contributed by atoms with E-state index < -0.39 is 11.6 Å². The van der Waals surface area contributed by atoms with Gasteiger partial charge in [0.25, 0.3) is 0 Å². The SMILES string of the molecule is CNC(Cc1c(F)cccc1F)c1cc2ccccc2s1.